The number of β-amino-alcohol motifs (C(OH)–C–C–N with tert-alkyl or cyclic N) is 1. The molecule has 8 heteroatoms. The third-order valence-corrected chi connectivity index (χ3v) is 4.22. The number of ether oxygens (including phenoxy) is 1. The molecule has 1 aliphatic heterocycles. The normalized spacial score (nSPS) is 16.3. The van der Waals surface area contributed by atoms with Crippen molar-refractivity contribution in [2.75, 3.05) is 50.8 Å². The second kappa shape index (κ2) is 11.3. The van der Waals surface area contributed by atoms with Crippen LogP contribution < -0.4 is 4.90 Å². The van der Waals surface area contributed by atoms with Crippen molar-refractivity contribution in [2.24, 2.45) is 0 Å². The molecule has 1 atom stereocenters. The Balaban J connectivity index is 0.00000312. The highest BCUT2D eigenvalue weighted by Crippen LogP contribution is 2.20. The van der Waals surface area contributed by atoms with Gasteiger partial charge in [0.05, 0.1) is 17.6 Å². The molecule has 0 radical (unpaired) electrons. The number of rotatable bonds is 9. The fourth-order valence-electron chi connectivity index (χ4n) is 2.79. The van der Waals surface area contributed by atoms with Gasteiger partial charge in [-0.25, -0.2) is 0 Å². The zero-order valence-electron chi connectivity index (χ0n) is 14.7. The fourth-order valence-corrected chi connectivity index (χ4v) is 2.79. The Kier molecular flexibility index (Phi) is 9.74. The van der Waals surface area contributed by atoms with Gasteiger partial charge in [-0.15, -0.1) is 12.4 Å². The third kappa shape index (κ3) is 7.15. The van der Waals surface area contributed by atoms with Crippen molar-refractivity contribution in [3.8, 4) is 0 Å². The first-order chi connectivity index (χ1) is 11.6. The van der Waals surface area contributed by atoms with E-state index in [0.717, 1.165) is 44.7 Å². The second-order valence-electron chi connectivity index (χ2n) is 6.14. The van der Waals surface area contributed by atoms with Crippen LogP contribution in [0.3, 0.4) is 0 Å². The number of hydrogen-bond acceptors (Lipinski definition) is 6. The average molecular weight is 374 g/mol. The summed E-state index contributed by atoms with van der Waals surface area (Å²) in [7, 11) is 0. The lowest BCUT2D eigenvalue weighted by Gasteiger charge is -2.36. The van der Waals surface area contributed by atoms with Crippen LogP contribution in [0.4, 0.5) is 11.4 Å². The number of non-ortho nitro benzene ring substituents is 1. The van der Waals surface area contributed by atoms with E-state index < -0.39 is 6.10 Å². The van der Waals surface area contributed by atoms with Crippen LogP contribution in [0.15, 0.2) is 24.3 Å². The maximum absolute atomic E-state index is 10.7. The van der Waals surface area contributed by atoms with E-state index >= 15 is 0 Å². The Morgan fingerprint density at radius 1 is 1.24 bits per heavy atom. The molecule has 0 bridgehead atoms. The molecule has 2 rings (SSSR count). The Bertz CT molecular complexity index is 507. The van der Waals surface area contributed by atoms with Crippen molar-refractivity contribution in [2.45, 2.75) is 25.9 Å². The van der Waals surface area contributed by atoms with Crippen molar-refractivity contribution in [3.63, 3.8) is 0 Å². The summed E-state index contributed by atoms with van der Waals surface area (Å²) in [4.78, 5) is 14.8. The number of unbranched alkanes of at least 4 members (excludes halogenated alkanes) is 1. The molecule has 0 aliphatic carbocycles. The Labute approximate surface area is 155 Å². The fraction of sp³-hybridized carbons (Fsp3) is 0.647. The van der Waals surface area contributed by atoms with E-state index in [4.69, 9.17) is 4.74 Å². The monoisotopic (exact) mass is 373 g/mol. The minimum absolute atomic E-state index is 0. The average Bonchev–Trinajstić information content (AvgIpc) is 2.59. The van der Waals surface area contributed by atoms with Gasteiger partial charge in [0.1, 0.15) is 0 Å². The lowest BCUT2D eigenvalue weighted by molar-refractivity contribution is -0.384. The zero-order valence-corrected chi connectivity index (χ0v) is 15.5. The van der Waals surface area contributed by atoms with E-state index in [2.05, 4.69) is 16.7 Å². The molecule has 1 aromatic rings. The number of halogens is 1. The van der Waals surface area contributed by atoms with Gasteiger partial charge in [-0.2, -0.15) is 0 Å². The predicted molar refractivity (Wildman–Crippen MR) is 101 cm³/mol. The van der Waals surface area contributed by atoms with Gasteiger partial charge in [-0.3, -0.25) is 15.0 Å². The van der Waals surface area contributed by atoms with Gasteiger partial charge in [0.15, 0.2) is 0 Å². The molecule has 0 spiro atoms. The topological polar surface area (TPSA) is 79.1 Å². The van der Waals surface area contributed by atoms with Crippen LogP contribution in [-0.2, 0) is 4.74 Å². The van der Waals surface area contributed by atoms with Gasteiger partial charge < -0.3 is 14.7 Å². The minimum Gasteiger partial charge on any atom is -0.389 e. The zero-order chi connectivity index (χ0) is 17.4. The third-order valence-electron chi connectivity index (χ3n) is 4.22. The summed E-state index contributed by atoms with van der Waals surface area (Å²) in [6.45, 7) is 7.27. The largest absolute Gasteiger partial charge is 0.389 e. The van der Waals surface area contributed by atoms with Crippen molar-refractivity contribution in [3.05, 3.63) is 34.4 Å². The first-order valence-electron chi connectivity index (χ1n) is 8.57. The molecule has 0 aromatic heterocycles. The first kappa shape index (κ1) is 21.6. The lowest BCUT2D eigenvalue weighted by Crippen LogP contribution is -2.49. The van der Waals surface area contributed by atoms with Crippen molar-refractivity contribution in [1.82, 2.24) is 4.90 Å². The number of benzene rings is 1. The van der Waals surface area contributed by atoms with E-state index in [1.807, 2.05) is 0 Å². The number of hydrogen-bond donors (Lipinski definition) is 1. The highest BCUT2D eigenvalue weighted by atomic mass is 35.5. The molecule has 1 unspecified atom stereocenters. The molecule has 25 heavy (non-hydrogen) atoms. The van der Waals surface area contributed by atoms with Crippen LogP contribution >= 0.6 is 12.4 Å². The van der Waals surface area contributed by atoms with E-state index in [1.165, 1.54) is 0 Å². The van der Waals surface area contributed by atoms with Gasteiger partial charge in [0.25, 0.3) is 5.69 Å². The van der Waals surface area contributed by atoms with Gasteiger partial charge in [-0.05, 0) is 18.6 Å². The number of piperazine rings is 1. The molecule has 7 nitrogen and oxygen atoms in total. The van der Waals surface area contributed by atoms with Crippen LogP contribution in [0.2, 0.25) is 0 Å². The van der Waals surface area contributed by atoms with Crippen molar-refractivity contribution < 1.29 is 14.8 Å². The summed E-state index contributed by atoms with van der Waals surface area (Å²) < 4.78 is 5.46. The quantitative estimate of drug-likeness (QED) is 0.406. The summed E-state index contributed by atoms with van der Waals surface area (Å²) in [5, 5.41) is 20.7. The summed E-state index contributed by atoms with van der Waals surface area (Å²) in [5.74, 6) is 0. The smallest absolute Gasteiger partial charge is 0.269 e. The number of nitro groups is 1. The number of nitro benzene ring substituents is 1. The maximum Gasteiger partial charge on any atom is 0.269 e. The SMILES string of the molecule is CCCCOCC(O)CN1CCN(c2ccc([N+](=O)[O-])cc2)CC1.Cl. The number of anilines is 1. The van der Waals surface area contributed by atoms with E-state index in [1.54, 1.807) is 24.3 Å². The van der Waals surface area contributed by atoms with Crippen LogP contribution in [-0.4, -0.2) is 67.0 Å². The molecular weight excluding hydrogens is 346 g/mol. The number of aliphatic hydroxyl groups excluding tert-OH is 1. The molecule has 1 fully saturated rings. The molecule has 1 heterocycles. The second-order valence-corrected chi connectivity index (χ2v) is 6.14. The maximum atomic E-state index is 10.7. The minimum atomic E-state index is -0.451. The molecule has 142 valence electrons. The standard InChI is InChI=1S/C17H27N3O4.ClH/c1-2-3-12-24-14-17(21)13-18-8-10-19(11-9-18)15-4-6-16(7-5-15)20(22)23;/h4-7,17,21H,2-3,8-14H2,1H3;1H. The van der Waals surface area contributed by atoms with Gasteiger partial charge in [0.2, 0.25) is 0 Å². The molecule has 1 aromatic carbocycles. The molecule has 1 N–H and O–H groups in total. The number of aliphatic hydroxyl groups is 1. The summed E-state index contributed by atoms with van der Waals surface area (Å²) in [6, 6.07) is 6.67. The highest BCUT2D eigenvalue weighted by molar-refractivity contribution is 5.85. The Morgan fingerprint density at radius 2 is 1.88 bits per heavy atom. The molecule has 1 saturated heterocycles. The molecular formula is C17H28ClN3O4. The molecule has 1 aliphatic rings. The lowest BCUT2D eigenvalue weighted by atomic mass is 10.2. The molecule has 0 saturated carbocycles. The summed E-state index contributed by atoms with van der Waals surface area (Å²) in [6.07, 6.45) is 1.68. The van der Waals surface area contributed by atoms with Crippen LogP contribution in [0.5, 0.6) is 0 Å². The Morgan fingerprint density at radius 3 is 2.44 bits per heavy atom. The van der Waals surface area contributed by atoms with E-state index in [9.17, 15) is 15.2 Å². The molecule has 0 amide bonds. The van der Waals surface area contributed by atoms with E-state index in [0.29, 0.717) is 19.8 Å². The van der Waals surface area contributed by atoms with Crippen molar-refractivity contribution in [1.29, 1.82) is 0 Å². The van der Waals surface area contributed by atoms with Gasteiger partial charge in [-0.1, -0.05) is 13.3 Å². The Hall–Kier alpha value is -1.41. The van der Waals surface area contributed by atoms with Crippen LogP contribution in [0.25, 0.3) is 0 Å². The van der Waals surface area contributed by atoms with E-state index in [-0.39, 0.29) is 23.0 Å². The van der Waals surface area contributed by atoms with Crippen molar-refractivity contribution >= 4 is 23.8 Å². The summed E-state index contributed by atoms with van der Waals surface area (Å²) >= 11 is 0. The van der Waals surface area contributed by atoms with Gasteiger partial charge >= 0.3 is 0 Å². The van der Waals surface area contributed by atoms with Gasteiger partial charge in [0, 0.05) is 57.2 Å². The van der Waals surface area contributed by atoms with Crippen LogP contribution in [0.1, 0.15) is 19.8 Å². The summed E-state index contributed by atoms with van der Waals surface area (Å²) in [5.41, 5.74) is 1.12. The number of nitrogens with zero attached hydrogens (tertiary/aromatic N) is 3. The van der Waals surface area contributed by atoms with Crippen LogP contribution in [0, 0.1) is 10.1 Å². The first-order valence-corrected chi connectivity index (χ1v) is 8.57. The highest BCUT2D eigenvalue weighted by Gasteiger charge is 2.20. The predicted octanol–water partition coefficient (Wildman–Crippen LogP) is 2.32.